The van der Waals surface area contributed by atoms with Gasteiger partial charge in [0.25, 0.3) is 0 Å². The molecule has 11 bridgehead atoms. The number of amides is 9. The van der Waals surface area contributed by atoms with Crippen LogP contribution in [0.15, 0.2) is 103 Å². The maximum absolute atomic E-state index is 16.2. The number of primary amides is 1. The normalized spacial score (nSPS) is 27.6. The lowest BCUT2D eigenvalue weighted by Crippen LogP contribution is -2.64. The van der Waals surface area contributed by atoms with Gasteiger partial charge in [-0.15, -0.1) is 0 Å². The van der Waals surface area contributed by atoms with Gasteiger partial charge >= 0.3 is 0 Å². The SMILES string of the molecule is CN[C@H](CC(C)C)C(=O)N[C@H]1C(=O)N[C@@H](CC(N)=O)C(=O)NC2C(=O)N[C@H]3C(=O)N[C@H](C(=O)NC(C(=O)NCC(=O)Nc4cccc(F)c4)c4cc(O)cc(O)c4-c4cc3ccc4O)[C@H](O)c3ccc(c(Cl)c3)Oc3cc2cc(c3O[C@@H]2O[C@H](CO)[C@@H](O)[C@H](O)[C@H]2OC2C[C@](C)(N)[C@H](O)[C@H](C)O2)Oc2ccc(cc2Cl)[C@H]1O. The van der Waals surface area contributed by atoms with Gasteiger partial charge < -0.3 is 134 Å². The Labute approximate surface area is 646 Å². The first-order chi connectivity index (χ1) is 53.0. The van der Waals surface area contributed by atoms with Crippen LogP contribution in [0.2, 0.25) is 10.0 Å². The van der Waals surface area contributed by atoms with Gasteiger partial charge in [0, 0.05) is 34.8 Å². The van der Waals surface area contributed by atoms with Crippen LogP contribution in [0.3, 0.4) is 0 Å². The first-order valence-electron chi connectivity index (χ1n) is 35.1. The number of carbonyl (C=O) groups is 9. The summed E-state index contributed by atoms with van der Waals surface area (Å²) in [5.41, 5.74) is 7.93. The molecule has 0 spiro atoms. The maximum Gasteiger partial charge on any atom is 0.248 e. The van der Waals surface area contributed by atoms with E-state index in [-0.39, 0.29) is 51.9 Å². The number of hydrogen-bond donors (Lipinski definition) is 20. The minimum Gasteiger partial charge on any atom is -0.508 e. The van der Waals surface area contributed by atoms with E-state index >= 15 is 19.2 Å². The van der Waals surface area contributed by atoms with Crippen molar-refractivity contribution in [3.05, 3.63) is 147 Å². The molecule has 0 aromatic heterocycles. The number of hydrogen-bond acceptors (Lipinski definition) is 26. The molecule has 38 heteroatoms. The summed E-state index contributed by atoms with van der Waals surface area (Å²) in [7, 11) is 1.47. The van der Waals surface area contributed by atoms with E-state index in [1.165, 1.54) is 45.2 Å². The van der Waals surface area contributed by atoms with Crippen LogP contribution < -0.4 is 73.5 Å². The lowest BCUT2D eigenvalue weighted by atomic mass is 9.86. The van der Waals surface area contributed by atoms with Gasteiger partial charge in [-0.1, -0.05) is 61.3 Å². The number of likely N-dealkylation sites (N-methyl/N-ethyl adjacent to an activating group) is 1. The predicted molar refractivity (Wildman–Crippen MR) is 390 cm³/mol. The molecule has 3 unspecified atom stereocenters. The molecule has 598 valence electrons. The summed E-state index contributed by atoms with van der Waals surface area (Å²) < 4.78 is 52.7. The van der Waals surface area contributed by atoms with E-state index in [9.17, 15) is 74.3 Å². The first kappa shape index (κ1) is 82.4. The highest BCUT2D eigenvalue weighted by Crippen LogP contribution is 2.50. The Morgan fingerprint density at radius 3 is 1.96 bits per heavy atom. The number of phenolic OH excluding ortho intramolecular Hbond substituents is 3. The minimum absolute atomic E-state index is 0.0296. The lowest BCUT2D eigenvalue weighted by Gasteiger charge is -2.47. The molecule has 7 aliphatic heterocycles. The molecule has 0 aliphatic carbocycles. The van der Waals surface area contributed by atoms with E-state index in [2.05, 4.69) is 47.9 Å². The van der Waals surface area contributed by atoms with Gasteiger partial charge in [0.05, 0.1) is 47.9 Å². The molecule has 22 N–H and O–H groups in total. The van der Waals surface area contributed by atoms with Gasteiger partial charge in [0.1, 0.15) is 101 Å². The molecular formula is C74H82Cl2FN11O24. The summed E-state index contributed by atoms with van der Waals surface area (Å²) in [6.45, 7) is 4.72. The zero-order chi connectivity index (χ0) is 81.2. The van der Waals surface area contributed by atoms with E-state index in [1.807, 2.05) is 13.8 Å². The first-order valence-corrected chi connectivity index (χ1v) is 35.8. The lowest BCUT2D eigenvalue weighted by molar-refractivity contribution is -0.333. The second kappa shape index (κ2) is 34.2. The Balaban J connectivity index is 1.13. The number of ether oxygens (including phenoxy) is 6. The zero-order valence-electron chi connectivity index (χ0n) is 60.2. The van der Waals surface area contributed by atoms with E-state index < -0.39 is 255 Å². The monoisotopic (exact) mass is 1600 g/mol. The topological polar surface area (TPSA) is 551 Å². The fourth-order valence-electron chi connectivity index (χ4n) is 13.5. The van der Waals surface area contributed by atoms with E-state index in [1.54, 1.807) is 0 Å². The highest BCUT2D eigenvalue weighted by Gasteiger charge is 2.52. The molecule has 9 amide bonds. The molecule has 0 radical (unpaired) electrons. The molecule has 112 heavy (non-hydrogen) atoms. The van der Waals surface area contributed by atoms with Crippen molar-refractivity contribution in [3.8, 4) is 57.1 Å². The number of halogens is 3. The minimum atomic E-state index is -2.38. The second-order valence-electron chi connectivity index (χ2n) is 28.2. The van der Waals surface area contributed by atoms with Crippen molar-refractivity contribution in [3.63, 3.8) is 0 Å². The van der Waals surface area contributed by atoms with Gasteiger partial charge in [-0.3, -0.25) is 43.2 Å². The van der Waals surface area contributed by atoms with Gasteiger partial charge in [-0.2, -0.15) is 0 Å². The van der Waals surface area contributed by atoms with Crippen molar-refractivity contribution in [1.82, 2.24) is 42.5 Å². The number of rotatable bonds is 16. The summed E-state index contributed by atoms with van der Waals surface area (Å²) in [6, 6.07) is 3.84. The molecule has 2 fully saturated rings. The number of nitrogens with one attached hydrogen (secondary N) is 9. The molecule has 13 rings (SSSR count). The number of nitrogens with two attached hydrogens (primary N) is 2. The molecule has 2 saturated heterocycles. The number of anilines is 1. The molecule has 18 atom stereocenters. The Hall–Kier alpha value is -10.6. The number of benzene rings is 6. The van der Waals surface area contributed by atoms with Crippen molar-refractivity contribution >= 4 is 82.1 Å². The van der Waals surface area contributed by atoms with Crippen molar-refractivity contribution < 1.29 is 122 Å². The fraction of sp³-hybridized carbons (Fsp3) is 0.392. The highest BCUT2D eigenvalue weighted by atomic mass is 35.5. The molecule has 0 saturated carbocycles. The second-order valence-corrected chi connectivity index (χ2v) is 29.0. The summed E-state index contributed by atoms with van der Waals surface area (Å²) >= 11 is 14.2. The van der Waals surface area contributed by atoms with Crippen molar-refractivity contribution in [2.45, 2.75) is 156 Å². The Morgan fingerprint density at radius 1 is 0.714 bits per heavy atom. The average molecular weight is 1600 g/mol. The van der Waals surface area contributed by atoms with Crippen LogP contribution in [0.25, 0.3) is 11.1 Å². The largest absolute Gasteiger partial charge is 0.508 e. The van der Waals surface area contributed by atoms with Crippen molar-refractivity contribution in [2.24, 2.45) is 17.4 Å². The standard InChI is InChI=1S/C74H82Cl2FN11O24/c1-28(2)15-41(80-5)66(100)87-57-59(95)31-10-13-45(39(75)17-31)108-47-19-33-20-48(63(47)112-73-64(62(98)61(97)49(27-89)110-73)111-52-25-74(4,79)65(99)29(3)107-52)109-46-14-11-32(18-40(46)76)60(96)58-72(106)86-56(68(102)81-26-51(94)82-35-8-6-7-34(77)21-35)38-22-36(90)23-44(92)53(38)37-16-30(9-12-43(37)91)54(69(103)88-58)85-70(104)55(33)84-67(101)42(24-50(78)93)83-71(57)105/h6-14,16-23,28-29,41-42,49,52,54-62,64-65,73,80,89-92,95-99H,15,24-27,79H2,1-5H3,(H2,78,93)(H,81,102)(H,82,94)(H,83,105)(H,84,101)(H,85,104)(H,86,106)(H,87,100)(H,88,103)/t29-,41+,42-,49+,52?,54+,55?,56?,57+,58-,59+,60+,61+,62-,64+,65+,73-,74-/m0/s1. The van der Waals surface area contributed by atoms with Gasteiger partial charge in [0.15, 0.2) is 23.9 Å². The van der Waals surface area contributed by atoms with Crippen LogP contribution in [0.4, 0.5) is 10.1 Å². The predicted octanol–water partition coefficient (Wildman–Crippen LogP) is 0.916. The molecule has 6 aromatic rings. The van der Waals surface area contributed by atoms with Crippen LogP contribution >= 0.6 is 23.2 Å². The highest BCUT2D eigenvalue weighted by molar-refractivity contribution is 6.32. The van der Waals surface area contributed by atoms with Crippen LogP contribution in [0.1, 0.15) is 105 Å². The number of aliphatic hydroxyl groups excluding tert-OH is 6. The molecule has 7 aliphatic rings. The smallest absolute Gasteiger partial charge is 0.248 e. The van der Waals surface area contributed by atoms with Crippen LogP contribution in [-0.4, -0.2) is 198 Å². The molecule has 6 aromatic carbocycles. The Kier molecular flexibility index (Phi) is 25.1. The van der Waals surface area contributed by atoms with E-state index in [0.717, 1.165) is 78.9 Å². The summed E-state index contributed by atoms with van der Waals surface area (Å²) in [5.74, 6) is -17.4. The van der Waals surface area contributed by atoms with Crippen LogP contribution in [0.5, 0.6) is 46.0 Å². The fourth-order valence-corrected chi connectivity index (χ4v) is 14.0. The van der Waals surface area contributed by atoms with Crippen molar-refractivity contribution in [1.29, 1.82) is 0 Å². The molecule has 7 heterocycles. The Bertz CT molecular complexity index is 4660. The summed E-state index contributed by atoms with van der Waals surface area (Å²) in [4.78, 5) is 133. The van der Waals surface area contributed by atoms with Crippen molar-refractivity contribution in [2.75, 3.05) is 25.5 Å². The number of aromatic hydroxyl groups is 3. The quantitative estimate of drug-likeness (QED) is 0.0640. The third kappa shape index (κ3) is 18.1. The van der Waals surface area contributed by atoms with Gasteiger partial charge in [-0.05, 0) is 134 Å². The van der Waals surface area contributed by atoms with Crippen LogP contribution in [-0.2, 0) is 57.4 Å². The molecular weight excluding hydrogens is 1520 g/mol. The number of aliphatic hydroxyl groups is 6. The van der Waals surface area contributed by atoms with E-state index in [4.69, 9.17) is 63.1 Å². The zero-order valence-corrected chi connectivity index (χ0v) is 61.7. The summed E-state index contributed by atoms with van der Waals surface area (Å²) in [5, 5.41) is 126. The van der Waals surface area contributed by atoms with Crippen LogP contribution in [0, 0.1) is 11.7 Å². The third-order valence-electron chi connectivity index (χ3n) is 19.3. The maximum atomic E-state index is 16.2. The third-order valence-corrected chi connectivity index (χ3v) is 19.9. The summed E-state index contributed by atoms with van der Waals surface area (Å²) in [6.07, 6.45) is -18.9. The number of fused-ring (bicyclic) bond motifs is 15. The number of phenols is 3. The molecule has 35 nitrogen and oxygen atoms in total. The van der Waals surface area contributed by atoms with E-state index in [0.29, 0.717) is 0 Å². The number of carbonyl (C=O) groups excluding carboxylic acids is 9. The average Bonchev–Trinajstić information content (AvgIpc) is 0.779. The Morgan fingerprint density at radius 2 is 1.35 bits per heavy atom. The van der Waals surface area contributed by atoms with Gasteiger partial charge in [-0.25, -0.2) is 4.39 Å². The van der Waals surface area contributed by atoms with Gasteiger partial charge in [0.2, 0.25) is 65.2 Å².